The van der Waals surface area contributed by atoms with Crippen molar-refractivity contribution in [3.63, 3.8) is 0 Å². The monoisotopic (exact) mass is 228 g/mol. The fraction of sp³-hybridized carbons (Fsp3) is 0.917. The van der Waals surface area contributed by atoms with Crippen LogP contribution in [0.15, 0.2) is 0 Å². The highest BCUT2D eigenvalue weighted by Crippen LogP contribution is 2.15. The van der Waals surface area contributed by atoms with Gasteiger partial charge in [-0.2, -0.15) is 0 Å². The highest BCUT2D eigenvalue weighted by molar-refractivity contribution is 5.71. The zero-order valence-corrected chi connectivity index (χ0v) is 10.5. The molecule has 1 saturated heterocycles. The first-order chi connectivity index (χ1) is 7.76. The number of nitrogens with zero attached hydrogens (tertiary/aromatic N) is 1. The molecule has 0 aromatic carbocycles. The number of piperidine rings is 1. The molecule has 0 bridgehead atoms. The summed E-state index contributed by atoms with van der Waals surface area (Å²) in [5.41, 5.74) is 0. The molecule has 0 aromatic heterocycles. The van der Waals surface area contributed by atoms with Gasteiger partial charge in [-0.1, -0.05) is 6.92 Å². The van der Waals surface area contributed by atoms with E-state index < -0.39 is 0 Å². The first-order valence-electron chi connectivity index (χ1n) is 6.35. The molecule has 1 aliphatic rings. The maximum atomic E-state index is 11.4. The van der Waals surface area contributed by atoms with Crippen LogP contribution in [0.2, 0.25) is 0 Å². The Balaban J connectivity index is 2.24. The van der Waals surface area contributed by atoms with Gasteiger partial charge in [-0.05, 0) is 45.3 Å². The summed E-state index contributed by atoms with van der Waals surface area (Å²) >= 11 is 0. The predicted octanol–water partition coefficient (Wildman–Crippen LogP) is 0.871. The molecule has 0 saturated carbocycles. The van der Waals surface area contributed by atoms with Crippen molar-refractivity contribution in [2.45, 2.75) is 26.7 Å². The van der Waals surface area contributed by atoms with Crippen LogP contribution in [0.3, 0.4) is 0 Å². The molecule has 0 spiro atoms. The van der Waals surface area contributed by atoms with Crippen LogP contribution in [0.4, 0.5) is 0 Å². The maximum Gasteiger partial charge on any atom is 0.320 e. The highest BCUT2D eigenvalue weighted by atomic mass is 16.5. The van der Waals surface area contributed by atoms with Gasteiger partial charge >= 0.3 is 5.97 Å². The summed E-state index contributed by atoms with van der Waals surface area (Å²) in [6.45, 7) is 9.04. The van der Waals surface area contributed by atoms with Crippen LogP contribution < -0.4 is 5.32 Å². The molecule has 0 aromatic rings. The van der Waals surface area contributed by atoms with E-state index in [0.717, 1.165) is 26.2 Å². The van der Waals surface area contributed by atoms with Crippen molar-refractivity contribution in [3.05, 3.63) is 0 Å². The van der Waals surface area contributed by atoms with Crippen molar-refractivity contribution >= 4 is 5.97 Å². The topological polar surface area (TPSA) is 41.6 Å². The number of carbonyl (C=O) groups excluding carboxylic acids is 1. The lowest BCUT2D eigenvalue weighted by Gasteiger charge is -2.32. The van der Waals surface area contributed by atoms with Gasteiger partial charge < -0.3 is 10.1 Å². The Bertz CT molecular complexity index is 209. The van der Waals surface area contributed by atoms with E-state index in [1.807, 2.05) is 6.92 Å². The van der Waals surface area contributed by atoms with Crippen LogP contribution in [-0.2, 0) is 9.53 Å². The second-order valence-electron chi connectivity index (χ2n) is 4.36. The number of esters is 1. The summed E-state index contributed by atoms with van der Waals surface area (Å²) in [5, 5.41) is 3.37. The predicted molar refractivity (Wildman–Crippen MR) is 64.3 cm³/mol. The average molecular weight is 228 g/mol. The third kappa shape index (κ3) is 4.94. The Morgan fingerprint density at radius 2 is 2.31 bits per heavy atom. The van der Waals surface area contributed by atoms with E-state index in [2.05, 4.69) is 17.1 Å². The first kappa shape index (κ1) is 13.5. The minimum Gasteiger partial charge on any atom is -0.465 e. The molecule has 94 valence electrons. The van der Waals surface area contributed by atoms with Crippen molar-refractivity contribution in [1.29, 1.82) is 0 Å². The first-order valence-corrected chi connectivity index (χ1v) is 6.35. The molecule has 1 N–H and O–H groups in total. The molecule has 1 fully saturated rings. The quantitative estimate of drug-likeness (QED) is 0.685. The van der Waals surface area contributed by atoms with Crippen LogP contribution >= 0.6 is 0 Å². The number of hydrogen-bond acceptors (Lipinski definition) is 4. The molecule has 1 rings (SSSR count). The lowest BCUT2D eigenvalue weighted by molar-refractivity contribution is -0.144. The second kappa shape index (κ2) is 7.63. The number of rotatable bonds is 6. The Hall–Kier alpha value is -0.610. The van der Waals surface area contributed by atoms with E-state index in [1.165, 1.54) is 12.8 Å². The fourth-order valence-electron chi connectivity index (χ4n) is 2.20. The molecule has 1 unspecified atom stereocenters. The number of ether oxygens (including phenoxy) is 1. The normalized spacial score (nSPS) is 22.0. The summed E-state index contributed by atoms with van der Waals surface area (Å²) in [6, 6.07) is 0. The summed E-state index contributed by atoms with van der Waals surface area (Å²) < 4.78 is 4.96. The van der Waals surface area contributed by atoms with E-state index in [9.17, 15) is 4.79 Å². The molecular formula is C12H24N2O2. The van der Waals surface area contributed by atoms with Crippen molar-refractivity contribution in [2.24, 2.45) is 5.92 Å². The number of nitrogens with one attached hydrogen (secondary N) is 1. The van der Waals surface area contributed by atoms with Gasteiger partial charge in [-0.3, -0.25) is 9.69 Å². The van der Waals surface area contributed by atoms with Gasteiger partial charge in [0, 0.05) is 6.54 Å². The molecule has 1 aliphatic heterocycles. The van der Waals surface area contributed by atoms with Crippen LogP contribution in [0, 0.1) is 5.92 Å². The number of likely N-dealkylation sites (tertiary alicyclic amines) is 1. The van der Waals surface area contributed by atoms with Crippen molar-refractivity contribution in [1.82, 2.24) is 10.2 Å². The van der Waals surface area contributed by atoms with E-state index >= 15 is 0 Å². The van der Waals surface area contributed by atoms with Crippen LogP contribution in [-0.4, -0.2) is 50.2 Å². The zero-order valence-electron chi connectivity index (χ0n) is 10.5. The third-order valence-corrected chi connectivity index (χ3v) is 2.94. The van der Waals surface area contributed by atoms with Crippen molar-refractivity contribution < 1.29 is 9.53 Å². The smallest absolute Gasteiger partial charge is 0.320 e. The Morgan fingerprint density at radius 3 is 3.00 bits per heavy atom. The maximum absolute atomic E-state index is 11.4. The largest absolute Gasteiger partial charge is 0.465 e. The number of carbonyl (C=O) groups is 1. The van der Waals surface area contributed by atoms with Crippen LogP contribution in [0.5, 0.6) is 0 Å². The Morgan fingerprint density at radius 1 is 1.50 bits per heavy atom. The molecule has 1 atom stereocenters. The lowest BCUT2D eigenvalue weighted by Crippen LogP contribution is -2.42. The van der Waals surface area contributed by atoms with Crippen LogP contribution in [0.25, 0.3) is 0 Å². The summed E-state index contributed by atoms with van der Waals surface area (Å²) in [4.78, 5) is 13.6. The molecule has 1 heterocycles. The van der Waals surface area contributed by atoms with Gasteiger partial charge in [0.25, 0.3) is 0 Å². The lowest BCUT2D eigenvalue weighted by atomic mass is 9.98. The number of hydrogen-bond donors (Lipinski definition) is 1. The minimum atomic E-state index is -0.0911. The summed E-state index contributed by atoms with van der Waals surface area (Å²) in [5.74, 6) is 0.592. The standard InChI is InChI=1S/C12H24N2O2/c1-3-13-8-11-6-5-7-14(9-11)10-12(15)16-4-2/h11,13H,3-10H2,1-2H3. The summed E-state index contributed by atoms with van der Waals surface area (Å²) in [7, 11) is 0. The van der Waals surface area contributed by atoms with Gasteiger partial charge in [0.15, 0.2) is 0 Å². The molecule has 0 radical (unpaired) electrons. The molecule has 4 nitrogen and oxygen atoms in total. The molecule has 4 heteroatoms. The average Bonchev–Trinajstić information content (AvgIpc) is 2.27. The Labute approximate surface area is 98.3 Å². The minimum absolute atomic E-state index is 0.0911. The van der Waals surface area contributed by atoms with Crippen LogP contribution in [0.1, 0.15) is 26.7 Å². The van der Waals surface area contributed by atoms with E-state index in [0.29, 0.717) is 19.1 Å². The molecule has 0 aliphatic carbocycles. The second-order valence-corrected chi connectivity index (χ2v) is 4.36. The van der Waals surface area contributed by atoms with Gasteiger partial charge in [0.05, 0.1) is 13.2 Å². The van der Waals surface area contributed by atoms with Gasteiger partial charge in [-0.15, -0.1) is 0 Å². The highest BCUT2D eigenvalue weighted by Gasteiger charge is 2.21. The Kier molecular flexibility index (Phi) is 6.42. The van der Waals surface area contributed by atoms with E-state index in [-0.39, 0.29) is 5.97 Å². The van der Waals surface area contributed by atoms with Gasteiger partial charge in [-0.25, -0.2) is 0 Å². The third-order valence-electron chi connectivity index (χ3n) is 2.94. The molecule has 0 amide bonds. The van der Waals surface area contributed by atoms with Crippen molar-refractivity contribution in [2.75, 3.05) is 39.3 Å². The van der Waals surface area contributed by atoms with Gasteiger partial charge in [0.2, 0.25) is 0 Å². The molecular weight excluding hydrogens is 204 g/mol. The molecule has 16 heavy (non-hydrogen) atoms. The van der Waals surface area contributed by atoms with E-state index in [4.69, 9.17) is 4.74 Å². The van der Waals surface area contributed by atoms with E-state index in [1.54, 1.807) is 0 Å². The zero-order chi connectivity index (χ0) is 11.8. The SMILES string of the molecule is CCNCC1CCCN(CC(=O)OCC)C1. The van der Waals surface area contributed by atoms with Gasteiger partial charge in [0.1, 0.15) is 0 Å². The summed E-state index contributed by atoms with van der Waals surface area (Å²) in [6.07, 6.45) is 2.46. The fourth-order valence-corrected chi connectivity index (χ4v) is 2.20. The van der Waals surface area contributed by atoms with Crippen molar-refractivity contribution in [3.8, 4) is 0 Å².